The van der Waals surface area contributed by atoms with Crippen molar-refractivity contribution in [3.8, 4) is 0 Å². The smallest absolute Gasteiger partial charge is 0.330 e. The Balaban J connectivity index is 0.000000347. The van der Waals surface area contributed by atoms with Gasteiger partial charge in [0.05, 0.1) is 6.10 Å². The maximum atomic E-state index is 8.97. The van der Waals surface area contributed by atoms with Crippen molar-refractivity contribution in [3.63, 3.8) is 0 Å². The number of benzene rings is 1. The molecule has 0 spiro atoms. The van der Waals surface area contributed by atoms with Gasteiger partial charge in [-0.3, -0.25) is 4.55 Å². The summed E-state index contributed by atoms with van der Waals surface area (Å²) in [4.78, 5) is 0. The molecule has 2 atom stereocenters. The standard InChI is InChI=1S/C13H18O2.H3NO3S/c1-4-11-12(15-13(2,3)14-11)10-8-6-5-7-9-10;1-5(2,3)4/h5-9,11-12H,4H2,1-3H3;(H3,1,2,3,4)/t11-,12-;/m0./s1. The third kappa shape index (κ3) is 5.98. The van der Waals surface area contributed by atoms with E-state index in [1.807, 2.05) is 32.0 Å². The lowest BCUT2D eigenvalue weighted by molar-refractivity contribution is -0.147. The zero-order valence-electron chi connectivity index (χ0n) is 11.8. The maximum Gasteiger partial charge on any atom is 0.330 e. The van der Waals surface area contributed by atoms with E-state index >= 15 is 0 Å². The average molecular weight is 303 g/mol. The van der Waals surface area contributed by atoms with Crippen LogP contribution in [-0.4, -0.2) is 24.9 Å². The van der Waals surface area contributed by atoms with Crippen molar-refractivity contribution in [3.05, 3.63) is 35.9 Å². The molecule has 114 valence electrons. The zero-order valence-corrected chi connectivity index (χ0v) is 12.6. The molecule has 0 amide bonds. The summed E-state index contributed by atoms with van der Waals surface area (Å²) >= 11 is 0. The quantitative estimate of drug-likeness (QED) is 0.814. The predicted molar refractivity (Wildman–Crippen MR) is 75.2 cm³/mol. The van der Waals surface area contributed by atoms with Crippen LogP contribution in [0.2, 0.25) is 0 Å². The van der Waals surface area contributed by atoms with Crippen LogP contribution in [0.4, 0.5) is 0 Å². The molecule has 1 aliphatic heterocycles. The molecule has 0 saturated carbocycles. The Morgan fingerprint density at radius 1 is 1.25 bits per heavy atom. The lowest BCUT2D eigenvalue weighted by atomic mass is 10.0. The lowest BCUT2D eigenvalue weighted by Crippen LogP contribution is -2.21. The fourth-order valence-electron chi connectivity index (χ4n) is 2.06. The van der Waals surface area contributed by atoms with Gasteiger partial charge in [-0.05, 0) is 25.8 Å². The Labute approximate surface area is 119 Å². The molecule has 1 aliphatic rings. The molecular weight excluding hydrogens is 282 g/mol. The molecule has 3 N–H and O–H groups in total. The molecule has 6 nitrogen and oxygen atoms in total. The second-order valence-corrected chi connectivity index (χ2v) is 5.96. The van der Waals surface area contributed by atoms with Gasteiger partial charge in [-0.2, -0.15) is 8.42 Å². The first-order valence-electron chi connectivity index (χ1n) is 6.28. The molecule has 0 aromatic heterocycles. The van der Waals surface area contributed by atoms with Gasteiger partial charge in [0.25, 0.3) is 0 Å². The molecule has 1 aromatic rings. The molecule has 0 bridgehead atoms. The van der Waals surface area contributed by atoms with Crippen molar-refractivity contribution < 1.29 is 22.4 Å². The summed E-state index contributed by atoms with van der Waals surface area (Å²) in [5.74, 6) is -0.457. The van der Waals surface area contributed by atoms with Crippen LogP contribution in [0.15, 0.2) is 30.3 Å². The highest BCUT2D eigenvalue weighted by Crippen LogP contribution is 2.39. The minimum absolute atomic E-state index is 0.0752. The fraction of sp³-hybridized carbons (Fsp3) is 0.538. The molecule has 1 aromatic carbocycles. The van der Waals surface area contributed by atoms with Crippen LogP contribution >= 0.6 is 0 Å². The van der Waals surface area contributed by atoms with Crippen LogP contribution < -0.4 is 5.14 Å². The maximum absolute atomic E-state index is 8.97. The van der Waals surface area contributed by atoms with Gasteiger partial charge in [-0.1, -0.05) is 37.3 Å². The summed E-state index contributed by atoms with van der Waals surface area (Å²) in [5.41, 5.74) is 1.20. The highest BCUT2D eigenvalue weighted by Gasteiger charge is 2.40. The van der Waals surface area contributed by atoms with Gasteiger partial charge in [0.15, 0.2) is 5.79 Å². The topological polar surface area (TPSA) is 98.9 Å². The van der Waals surface area contributed by atoms with Gasteiger partial charge in [0, 0.05) is 0 Å². The third-order valence-electron chi connectivity index (χ3n) is 2.71. The molecule has 1 heterocycles. The fourth-order valence-corrected chi connectivity index (χ4v) is 2.06. The van der Waals surface area contributed by atoms with Gasteiger partial charge in [-0.25, -0.2) is 5.14 Å². The van der Waals surface area contributed by atoms with Crippen molar-refractivity contribution >= 4 is 10.3 Å². The molecule has 1 fully saturated rings. The second kappa shape index (κ2) is 6.64. The van der Waals surface area contributed by atoms with Crippen molar-refractivity contribution in [2.75, 3.05) is 0 Å². The largest absolute Gasteiger partial charge is 0.344 e. The Kier molecular flexibility index (Phi) is 5.67. The van der Waals surface area contributed by atoms with E-state index in [2.05, 4.69) is 24.2 Å². The van der Waals surface area contributed by atoms with Crippen molar-refractivity contribution in [2.24, 2.45) is 5.14 Å². The van der Waals surface area contributed by atoms with E-state index in [9.17, 15) is 0 Å². The monoisotopic (exact) mass is 303 g/mol. The zero-order chi connectivity index (χ0) is 15.4. The SMILES string of the molecule is CC[C@@H]1OC(C)(C)O[C@H]1c1ccccc1.NS(=O)(=O)O. The Morgan fingerprint density at radius 3 is 2.20 bits per heavy atom. The first kappa shape index (κ1) is 17.1. The number of nitrogens with two attached hydrogens (primary N) is 1. The van der Waals surface area contributed by atoms with E-state index in [0.717, 1.165) is 6.42 Å². The summed E-state index contributed by atoms with van der Waals surface area (Å²) in [6.45, 7) is 6.07. The Hall–Kier alpha value is -0.990. The van der Waals surface area contributed by atoms with Crippen LogP contribution in [-0.2, 0) is 19.8 Å². The van der Waals surface area contributed by atoms with Gasteiger partial charge >= 0.3 is 10.3 Å². The van der Waals surface area contributed by atoms with Gasteiger partial charge < -0.3 is 9.47 Å². The van der Waals surface area contributed by atoms with E-state index in [1.54, 1.807) is 0 Å². The molecule has 1 saturated heterocycles. The van der Waals surface area contributed by atoms with E-state index in [4.69, 9.17) is 22.4 Å². The van der Waals surface area contributed by atoms with Gasteiger partial charge in [0.1, 0.15) is 6.10 Å². The third-order valence-corrected chi connectivity index (χ3v) is 2.71. The summed E-state index contributed by atoms with van der Waals surface area (Å²) in [6.07, 6.45) is 1.22. The number of rotatable bonds is 2. The molecule has 0 radical (unpaired) electrons. The van der Waals surface area contributed by atoms with E-state index in [-0.39, 0.29) is 12.2 Å². The first-order valence-corrected chi connectivity index (χ1v) is 7.78. The number of hydrogen-bond donors (Lipinski definition) is 2. The first-order chi connectivity index (χ1) is 9.12. The van der Waals surface area contributed by atoms with Gasteiger partial charge in [-0.15, -0.1) is 0 Å². The van der Waals surface area contributed by atoms with E-state index in [0.29, 0.717) is 0 Å². The van der Waals surface area contributed by atoms with Crippen molar-refractivity contribution in [2.45, 2.75) is 45.2 Å². The Morgan fingerprint density at radius 2 is 1.75 bits per heavy atom. The van der Waals surface area contributed by atoms with E-state index < -0.39 is 16.1 Å². The van der Waals surface area contributed by atoms with Crippen LogP contribution in [0.3, 0.4) is 0 Å². The highest BCUT2D eigenvalue weighted by molar-refractivity contribution is 7.83. The molecule has 20 heavy (non-hydrogen) atoms. The highest BCUT2D eigenvalue weighted by atomic mass is 32.2. The number of ether oxygens (including phenoxy) is 2. The van der Waals surface area contributed by atoms with Crippen LogP contribution in [0.1, 0.15) is 38.9 Å². The summed E-state index contributed by atoms with van der Waals surface area (Å²) in [7, 11) is -4.17. The molecule has 2 rings (SSSR count). The normalized spacial score (nSPS) is 24.9. The number of hydrogen-bond acceptors (Lipinski definition) is 4. The van der Waals surface area contributed by atoms with E-state index in [1.165, 1.54) is 5.56 Å². The van der Waals surface area contributed by atoms with Crippen LogP contribution in [0.5, 0.6) is 0 Å². The van der Waals surface area contributed by atoms with Crippen molar-refractivity contribution in [1.29, 1.82) is 0 Å². The molecule has 0 aliphatic carbocycles. The molecular formula is C13H21NO5S. The summed E-state index contributed by atoms with van der Waals surface area (Å²) in [5, 5.41) is 3.88. The lowest BCUT2D eigenvalue weighted by Gasteiger charge is -2.16. The van der Waals surface area contributed by atoms with Crippen LogP contribution in [0, 0.1) is 0 Å². The summed E-state index contributed by atoms with van der Waals surface area (Å²) < 4.78 is 37.0. The minimum Gasteiger partial charge on any atom is -0.344 e. The second-order valence-electron chi connectivity index (χ2n) is 4.93. The summed E-state index contributed by atoms with van der Waals surface area (Å²) in [6, 6.07) is 10.3. The molecule has 7 heteroatoms. The minimum atomic E-state index is -4.17. The van der Waals surface area contributed by atoms with Crippen LogP contribution in [0.25, 0.3) is 0 Å². The Bertz CT molecular complexity index is 507. The van der Waals surface area contributed by atoms with Crippen molar-refractivity contribution in [1.82, 2.24) is 0 Å². The molecule has 0 unspecified atom stereocenters. The van der Waals surface area contributed by atoms with Gasteiger partial charge in [0.2, 0.25) is 0 Å². The average Bonchev–Trinajstić information content (AvgIpc) is 2.64. The predicted octanol–water partition coefficient (Wildman–Crippen LogP) is 2.04.